The third-order valence-corrected chi connectivity index (χ3v) is 5.44. The number of hydrogen-bond acceptors (Lipinski definition) is 4. The molecule has 138 valence electrons. The van der Waals surface area contributed by atoms with Gasteiger partial charge in [0.1, 0.15) is 11.0 Å². The lowest BCUT2D eigenvalue weighted by Crippen LogP contribution is -2.38. The van der Waals surface area contributed by atoms with Gasteiger partial charge >= 0.3 is 0 Å². The highest BCUT2D eigenvalue weighted by Gasteiger charge is 2.16. The molecule has 0 aromatic carbocycles. The molecule has 1 aromatic rings. The van der Waals surface area contributed by atoms with Crippen LogP contribution in [0.2, 0.25) is 5.15 Å². The number of halogens is 1. The van der Waals surface area contributed by atoms with Gasteiger partial charge in [-0.25, -0.2) is 4.98 Å². The topological polar surface area (TPSA) is 53.1 Å². The fourth-order valence-corrected chi connectivity index (χ4v) is 4.11. The molecule has 2 aliphatic rings. The Hall–Kier alpha value is -1.14. The summed E-state index contributed by atoms with van der Waals surface area (Å²) in [5.74, 6) is 1.37. The summed E-state index contributed by atoms with van der Waals surface area (Å²) >= 11 is 11.7. The van der Waals surface area contributed by atoms with E-state index in [0.717, 1.165) is 18.9 Å². The zero-order valence-electron chi connectivity index (χ0n) is 14.8. The van der Waals surface area contributed by atoms with Crippen molar-refractivity contribution in [2.24, 2.45) is 0 Å². The predicted molar refractivity (Wildman–Crippen MR) is 109 cm³/mol. The average Bonchev–Trinajstić information content (AvgIpc) is 2.99. The van der Waals surface area contributed by atoms with Crippen LogP contribution >= 0.6 is 23.8 Å². The molecule has 5 nitrogen and oxygen atoms in total. The molecule has 2 N–H and O–H groups in total. The first kappa shape index (κ1) is 18.6. The number of thiocarbonyl (C=S) groups is 1. The molecule has 3 rings (SSSR count). The van der Waals surface area contributed by atoms with Crippen LogP contribution in [0.1, 0.15) is 64.2 Å². The zero-order valence-corrected chi connectivity index (χ0v) is 16.3. The van der Waals surface area contributed by atoms with E-state index < -0.39 is 0 Å². The molecule has 1 aliphatic heterocycles. The predicted octanol–water partition coefficient (Wildman–Crippen LogP) is 4.52. The lowest BCUT2D eigenvalue weighted by Gasteiger charge is -2.22. The first-order valence-electron chi connectivity index (χ1n) is 9.58. The smallest absolute Gasteiger partial charge is 0.232 e. The molecule has 2 fully saturated rings. The summed E-state index contributed by atoms with van der Waals surface area (Å²) in [6.07, 6.45) is 12.5. The molecule has 2 heterocycles. The van der Waals surface area contributed by atoms with Crippen molar-refractivity contribution in [3.8, 4) is 0 Å². The zero-order chi connectivity index (χ0) is 17.5. The number of nitrogens with zero attached hydrogens (tertiary/aromatic N) is 3. The second-order valence-corrected chi connectivity index (χ2v) is 7.86. The van der Waals surface area contributed by atoms with Crippen molar-refractivity contribution >= 4 is 40.7 Å². The number of rotatable bonds is 3. The third-order valence-electron chi connectivity index (χ3n) is 5.03. The van der Waals surface area contributed by atoms with Gasteiger partial charge in [-0.05, 0) is 37.9 Å². The Bertz CT molecular complexity index is 567. The lowest BCUT2D eigenvalue weighted by molar-refractivity contribution is 0.535. The minimum Gasteiger partial charge on any atom is -0.360 e. The van der Waals surface area contributed by atoms with Gasteiger partial charge in [0.15, 0.2) is 5.11 Å². The number of nitrogens with one attached hydrogen (secondary N) is 2. The summed E-state index contributed by atoms with van der Waals surface area (Å²) in [4.78, 5) is 11.2. The standard InChI is InChI=1S/C18H28ClN5S/c19-15-13-16(24-11-7-3-4-8-12-24)22-17(21-15)23-18(25)20-14-9-5-1-2-6-10-14/h13-14H,1-12H2,(H2,20,21,22,23,25). The van der Waals surface area contributed by atoms with Crippen LogP contribution in [-0.4, -0.2) is 34.2 Å². The van der Waals surface area contributed by atoms with Gasteiger partial charge in [0.25, 0.3) is 0 Å². The molecule has 1 saturated heterocycles. The summed E-state index contributed by atoms with van der Waals surface area (Å²) < 4.78 is 0. The second-order valence-electron chi connectivity index (χ2n) is 7.06. The van der Waals surface area contributed by atoms with E-state index in [1.165, 1.54) is 64.2 Å². The van der Waals surface area contributed by atoms with Crippen LogP contribution in [0.25, 0.3) is 0 Å². The molecule has 7 heteroatoms. The van der Waals surface area contributed by atoms with Gasteiger partial charge in [-0.3, -0.25) is 0 Å². The van der Waals surface area contributed by atoms with Crippen molar-refractivity contribution in [3.63, 3.8) is 0 Å². The van der Waals surface area contributed by atoms with Crippen LogP contribution in [0, 0.1) is 0 Å². The van der Waals surface area contributed by atoms with Crippen LogP contribution < -0.4 is 15.5 Å². The minimum atomic E-state index is 0.451. The highest BCUT2D eigenvalue weighted by atomic mass is 35.5. The molecule has 1 saturated carbocycles. The van der Waals surface area contributed by atoms with Gasteiger partial charge in [0.2, 0.25) is 5.95 Å². The molecule has 0 bridgehead atoms. The summed E-state index contributed by atoms with van der Waals surface area (Å²) in [7, 11) is 0. The van der Waals surface area contributed by atoms with Crippen LogP contribution in [0.15, 0.2) is 6.07 Å². The maximum Gasteiger partial charge on any atom is 0.232 e. The first-order valence-corrected chi connectivity index (χ1v) is 10.4. The van der Waals surface area contributed by atoms with E-state index in [1.54, 1.807) is 0 Å². The van der Waals surface area contributed by atoms with Crippen LogP contribution in [0.5, 0.6) is 0 Å². The van der Waals surface area contributed by atoms with E-state index >= 15 is 0 Å². The van der Waals surface area contributed by atoms with Crippen molar-refractivity contribution in [3.05, 3.63) is 11.2 Å². The number of hydrogen-bond donors (Lipinski definition) is 2. The average molecular weight is 382 g/mol. The molecule has 25 heavy (non-hydrogen) atoms. The van der Waals surface area contributed by atoms with E-state index in [-0.39, 0.29) is 0 Å². The Kier molecular flexibility index (Phi) is 7.11. The highest BCUT2D eigenvalue weighted by Crippen LogP contribution is 2.22. The molecule has 1 aromatic heterocycles. The van der Waals surface area contributed by atoms with E-state index in [1.807, 2.05) is 6.07 Å². The van der Waals surface area contributed by atoms with Crippen molar-refractivity contribution in [2.75, 3.05) is 23.3 Å². The molecule has 0 atom stereocenters. The van der Waals surface area contributed by atoms with Gasteiger partial charge in [-0.15, -0.1) is 0 Å². The SMILES string of the molecule is S=C(Nc1nc(Cl)cc(N2CCCCCC2)n1)NC1CCCCCC1. The monoisotopic (exact) mass is 381 g/mol. The van der Waals surface area contributed by atoms with Crippen molar-refractivity contribution in [1.29, 1.82) is 0 Å². The third kappa shape index (κ3) is 5.96. The number of anilines is 2. The molecule has 0 unspecified atom stereocenters. The van der Waals surface area contributed by atoms with Gasteiger partial charge in [-0.2, -0.15) is 4.98 Å². The summed E-state index contributed by atoms with van der Waals surface area (Å²) in [6, 6.07) is 2.30. The van der Waals surface area contributed by atoms with Crippen LogP contribution in [0.4, 0.5) is 11.8 Å². The first-order chi connectivity index (χ1) is 12.2. The Morgan fingerprint density at radius 2 is 1.64 bits per heavy atom. The molecule has 0 spiro atoms. The summed E-state index contributed by atoms with van der Waals surface area (Å²) in [5.41, 5.74) is 0. The Morgan fingerprint density at radius 1 is 1.00 bits per heavy atom. The molecule has 0 radical (unpaired) electrons. The lowest BCUT2D eigenvalue weighted by atomic mass is 10.1. The van der Waals surface area contributed by atoms with E-state index in [0.29, 0.717) is 22.3 Å². The molecular formula is C18H28ClN5S. The second kappa shape index (κ2) is 9.53. The normalized spacial score (nSPS) is 19.8. The van der Waals surface area contributed by atoms with Crippen molar-refractivity contribution in [2.45, 2.75) is 70.3 Å². The van der Waals surface area contributed by atoms with E-state index in [9.17, 15) is 0 Å². The maximum atomic E-state index is 6.23. The summed E-state index contributed by atoms with van der Waals surface area (Å²) in [5, 5.41) is 7.60. The van der Waals surface area contributed by atoms with Crippen molar-refractivity contribution < 1.29 is 0 Å². The number of aromatic nitrogens is 2. The Balaban J connectivity index is 1.62. The maximum absolute atomic E-state index is 6.23. The fraction of sp³-hybridized carbons (Fsp3) is 0.722. The van der Waals surface area contributed by atoms with E-state index in [2.05, 4.69) is 25.5 Å². The Labute approximate surface area is 160 Å². The van der Waals surface area contributed by atoms with Gasteiger partial charge in [-0.1, -0.05) is 50.1 Å². The van der Waals surface area contributed by atoms with Crippen molar-refractivity contribution in [1.82, 2.24) is 15.3 Å². The van der Waals surface area contributed by atoms with Crippen LogP contribution in [0.3, 0.4) is 0 Å². The fourth-order valence-electron chi connectivity index (χ4n) is 3.67. The minimum absolute atomic E-state index is 0.451. The highest BCUT2D eigenvalue weighted by molar-refractivity contribution is 7.80. The van der Waals surface area contributed by atoms with E-state index in [4.69, 9.17) is 23.8 Å². The van der Waals surface area contributed by atoms with Crippen LogP contribution in [-0.2, 0) is 0 Å². The molecule has 1 aliphatic carbocycles. The molecular weight excluding hydrogens is 354 g/mol. The Morgan fingerprint density at radius 3 is 2.32 bits per heavy atom. The van der Waals surface area contributed by atoms with Gasteiger partial charge in [0.05, 0.1) is 0 Å². The van der Waals surface area contributed by atoms with Gasteiger partial charge < -0.3 is 15.5 Å². The quantitative estimate of drug-likeness (QED) is 0.456. The molecule has 0 amide bonds. The summed E-state index contributed by atoms with van der Waals surface area (Å²) in [6.45, 7) is 2.05. The largest absolute Gasteiger partial charge is 0.360 e. The van der Waals surface area contributed by atoms with Gasteiger partial charge in [0, 0.05) is 25.2 Å².